The monoisotopic (exact) mass is 341 g/mol. The summed E-state index contributed by atoms with van der Waals surface area (Å²) < 4.78 is 32.6. The quantitative estimate of drug-likeness (QED) is 0.852. The van der Waals surface area contributed by atoms with Crippen molar-refractivity contribution in [2.45, 2.75) is 25.7 Å². The van der Waals surface area contributed by atoms with Crippen LogP contribution in [0.3, 0.4) is 0 Å². The van der Waals surface area contributed by atoms with Crippen LogP contribution in [0.1, 0.15) is 17.1 Å². The van der Waals surface area contributed by atoms with Gasteiger partial charge < -0.3 is 9.84 Å². The summed E-state index contributed by atoms with van der Waals surface area (Å²) >= 11 is 0. The number of rotatable bonds is 5. The lowest BCUT2D eigenvalue weighted by atomic mass is 10.4. The highest BCUT2D eigenvalue weighted by atomic mass is 32.2. The summed E-state index contributed by atoms with van der Waals surface area (Å²) in [6.45, 7) is 4.63. The highest BCUT2D eigenvalue weighted by molar-refractivity contribution is 7.89. The number of amides is 1. The number of hydrogen-bond donors (Lipinski definition) is 1. The van der Waals surface area contributed by atoms with Crippen molar-refractivity contribution in [2.75, 3.05) is 18.9 Å². The highest BCUT2D eigenvalue weighted by Gasteiger charge is 2.29. The molecule has 2 heterocycles. The zero-order valence-corrected chi connectivity index (χ0v) is 14.4. The lowest BCUT2D eigenvalue weighted by Crippen LogP contribution is -2.35. The number of aromatic nitrogens is 3. The van der Waals surface area contributed by atoms with Gasteiger partial charge in [0, 0.05) is 20.2 Å². The van der Waals surface area contributed by atoms with Crippen molar-refractivity contribution in [1.82, 2.24) is 19.2 Å². The fraction of sp³-hybridized carbons (Fsp3) is 0.462. The Morgan fingerprint density at radius 1 is 1.39 bits per heavy atom. The molecule has 0 aliphatic heterocycles. The van der Waals surface area contributed by atoms with E-state index in [1.54, 1.807) is 33.9 Å². The van der Waals surface area contributed by atoms with Crippen LogP contribution in [-0.4, -0.2) is 47.2 Å². The average molecular weight is 341 g/mol. The van der Waals surface area contributed by atoms with Crippen LogP contribution in [0.2, 0.25) is 0 Å². The lowest BCUT2D eigenvalue weighted by Gasteiger charge is -2.16. The molecule has 2 rings (SSSR count). The molecule has 10 heteroatoms. The number of nitrogens with zero attached hydrogens (tertiary/aromatic N) is 4. The number of nitrogens with one attached hydrogen (secondary N) is 1. The number of hydrogen-bond acceptors (Lipinski definition) is 6. The van der Waals surface area contributed by atoms with E-state index in [1.165, 1.54) is 11.7 Å². The van der Waals surface area contributed by atoms with Gasteiger partial charge in [-0.05, 0) is 20.8 Å². The van der Waals surface area contributed by atoms with Crippen LogP contribution in [0.5, 0.6) is 0 Å². The Balaban J connectivity index is 2.15. The SMILES string of the molecule is Cc1cc(NC(=O)CN(C)S(=O)(=O)c2c(C)nn(C)c2C)no1. The van der Waals surface area contributed by atoms with Crippen molar-refractivity contribution in [3.63, 3.8) is 0 Å². The van der Waals surface area contributed by atoms with Gasteiger partial charge in [0.2, 0.25) is 15.9 Å². The number of aryl methyl sites for hydroxylation is 3. The molecule has 0 unspecified atom stereocenters. The van der Waals surface area contributed by atoms with E-state index in [4.69, 9.17) is 4.52 Å². The molecule has 0 fully saturated rings. The third-order valence-corrected chi connectivity index (χ3v) is 5.43. The molecule has 0 saturated carbocycles. The maximum Gasteiger partial charge on any atom is 0.246 e. The maximum atomic E-state index is 12.6. The summed E-state index contributed by atoms with van der Waals surface area (Å²) in [5, 5.41) is 10.2. The van der Waals surface area contributed by atoms with Gasteiger partial charge in [-0.1, -0.05) is 5.16 Å². The Kier molecular flexibility index (Phi) is 4.57. The smallest absolute Gasteiger partial charge is 0.246 e. The predicted molar refractivity (Wildman–Crippen MR) is 82.4 cm³/mol. The van der Waals surface area contributed by atoms with E-state index in [0.29, 0.717) is 17.1 Å². The van der Waals surface area contributed by atoms with Crippen molar-refractivity contribution < 1.29 is 17.7 Å². The summed E-state index contributed by atoms with van der Waals surface area (Å²) in [7, 11) is -0.807. The molecule has 0 aliphatic rings. The van der Waals surface area contributed by atoms with E-state index in [1.807, 2.05) is 0 Å². The lowest BCUT2D eigenvalue weighted by molar-refractivity contribution is -0.116. The molecule has 23 heavy (non-hydrogen) atoms. The second kappa shape index (κ2) is 6.13. The highest BCUT2D eigenvalue weighted by Crippen LogP contribution is 2.22. The van der Waals surface area contributed by atoms with E-state index in [-0.39, 0.29) is 17.3 Å². The van der Waals surface area contributed by atoms with E-state index >= 15 is 0 Å². The molecule has 1 amide bonds. The van der Waals surface area contributed by atoms with Crippen LogP contribution in [0.4, 0.5) is 5.82 Å². The first-order valence-corrected chi connectivity index (χ1v) is 8.26. The topological polar surface area (TPSA) is 110 Å². The third kappa shape index (κ3) is 3.42. The van der Waals surface area contributed by atoms with E-state index < -0.39 is 15.9 Å². The minimum Gasteiger partial charge on any atom is -0.360 e. The van der Waals surface area contributed by atoms with Crippen LogP contribution in [-0.2, 0) is 21.9 Å². The average Bonchev–Trinajstić information content (AvgIpc) is 2.93. The minimum absolute atomic E-state index is 0.118. The van der Waals surface area contributed by atoms with Crippen molar-refractivity contribution in [3.8, 4) is 0 Å². The van der Waals surface area contributed by atoms with Gasteiger partial charge in [-0.15, -0.1) is 0 Å². The van der Waals surface area contributed by atoms with Crippen LogP contribution < -0.4 is 5.32 Å². The molecular weight excluding hydrogens is 322 g/mol. The maximum absolute atomic E-state index is 12.6. The van der Waals surface area contributed by atoms with Gasteiger partial charge in [0.15, 0.2) is 5.82 Å². The molecular formula is C13H19N5O4S. The second-order valence-electron chi connectivity index (χ2n) is 5.26. The fourth-order valence-electron chi connectivity index (χ4n) is 2.18. The summed E-state index contributed by atoms with van der Waals surface area (Å²) in [6.07, 6.45) is 0. The van der Waals surface area contributed by atoms with Gasteiger partial charge in [-0.3, -0.25) is 9.48 Å². The molecule has 9 nitrogen and oxygen atoms in total. The van der Waals surface area contributed by atoms with Crippen LogP contribution in [0, 0.1) is 20.8 Å². The molecule has 0 spiro atoms. The summed E-state index contributed by atoms with van der Waals surface area (Å²) in [6, 6.07) is 1.54. The number of carbonyl (C=O) groups excluding carboxylic acids is 1. The Bertz CT molecular complexity index is 837. The number of likely N-dealkylation sites (N-methyl/N-ethyl adjacent to an activating group) is 1. The Hall–Kier alpha value is -2.20. The first kappa shape index (κ1) is 17.2. The number of sulfonamides is 1. The molecule has 0 atom stereocenters. The van der Waals surface area contributed by atoms with Crippen molar-refractivity contribution in [3.05, 3.63) is 23.2 Å². The van der Waals surface area contributed by atoms with Gasteiger partial charge >= 0.3 is 0 Å². The minimum atomic E-state index is -3.82. The van der Waals surface area contributed by atoms with Crippen LogP contribution in [0.25, 0.3) is 0 Å². The molecule has 1 N–H and O–H groups in total. The predicted octanol–water partition coefficient (Wildman–Crippen LogP) is 0.593. The van der Waals surface area contributed by atoms with E-state index in [0.717, 1.165) is 4.31 Å². The molecule has 0 radical (unpaired) electrons. The Labute approximate surface area is 134 Å². The van der Waals surface area contributed by atoms with Gasteiger partial charge in [0.05, 0.1) is 17.9 Å². The van der Waals surface area contributed by atoms with Crippen molar-refractivity contribution >= 4 is 21.7 Å². The molecule has 2 aromatic rings. The molecule has 2 aromatic heterocycles. The van der Waals surface area contributed by atoms with Crippen molar-refractivity contribution in [1.29, 1.82) is 0 Å². The summed E-state index contributed by atoms with van der Waals surface area (Å²) in [4.78, 5) is 12.1. The molecule has 0 bridgehead atoms. The van der Waals surface area contributed by atoms with Gasteiger partial charge in [-0.2, -0.15) is 9.40 Å². The molecule has 0 aliphatic carbocycles. The molecule has 0 aromatic carbocycles. The fourth-order valence-corrected chi connectivity index (χ4v) is 3.70. The Morgan fingerprint density at radius 2 is 2.04 bits per heavy atom. The summed E-state index contributed by atoms with van der Waals surface area (Å²) in [5.74, 6) is 0.276. The first-order chi connectivity index (χ1) is 10.6. The third-order valence-electron chi connectivity index (χ3n) is 3.37. The Morgan fingerprint density at radius 3 is 2.52 bits per heavy atom. The van der Waals surface area contributed by atoms with E-state index in [2.05, 4.69) is 15.6 Å². The normalized spacial score (nSPS) is 11.9. The van der Waals surface area contributed by atoms with Crippen LogP contribution in [0.15, 0.2) is 15.5 Å². The number of carbonyl (C=O) groups is 1. The molecule has 126 valence electrons. The zero-order chi connectivity index (χ0) is 17.4. The standard InChI is InChI=1S/C13H19N5O4S/c1-8-6-11(16-22-8)14-12(19)7-17(4)23(20,21)13-9(2)15-18(5)10(13)3/h6H,7H2,1-5H3,(H,14,16,19). The first-order valence-electron chi connectivity index (χ1n) is 6.82. The number of anilines is 1. The molecule has 0 saturated heterocycles. The van der Waals surface area contributed by atoms with Crippen molar-refractivity contribution in [2.24, 2.45) is 7.05 Å². The zero-order valence-electron chi connectivity index (χ0n) is 13.6. The van der Waals surface area contributed by atoms with Gasteiger partial charge in [0.25, 0.3) is 0 Å². The van der Waals surface area contributed by atoms with Crippen LogP contribution >= 0.6 is 0 Å². The van der Waals surface area contributed by atoms with Gasteiger partial charge in [-0.25, -0.2) is 8.42 Å². The summed E-state index contributed by atoms with van der Waals surface area (Å²) in [5.41, 5.74) is 0.909. The van der Waals surface area contributed by atoms with E-state index in [9.17, 15) is 13.2 Å². The van der Waals surface area contributed by atoms with Gasteiger partial charge in [0.1, 0.15) is 10.7 Å². The second-order valence-corrected chi connectivity index (χ2v) is 7.24. The largest absolute Gasteiger partial charge is 0.360 e.